The van der Waals surface area contributed by atoms with E-state index in [1.54, 1.807) is 0 Å². The Hall–Kier alpha value is -1.30. The molecule has 0 amide bonds. The molecule has 0 aliphatic heterocycles. The molecule has 15 heavy (non-hydrogen) atoms. The summed E-state index contributed by atoms with van der Waals surface area (Å²) in [7, 11) is 0. The highest BCUT2D eigenvalue weighted by Crippen LogP contribution is 2.16. The van der Waals surface area contributed by atoms with Crippen LogP contribution in [0.5, 0.6) is 0 Å². The van der Waals surface area contributed by atoms with E-state index >= 15 is 0 Å². The molecule has 0 N–H and O–H groups in total. The first-order chi connectivity index (χ1) is 6.75. The van der Waals surface area contributed by atoms with Gasteiger partial charge in [-0.2, -0.15) is 0 Å². The van der Waals surface area contributed by atoms with E-state index in [-0.39, 0.29) is 7.43 Å². The molecule has 0 fully saturated rings. The fourth-order valence-electron chi connectivity index (χ4n) is 1.48. The van der Waals surface area contributed by atoms with Crippen molar-refractivity contribution in [3.63, 3.8) is 0 Å². The van der Waals surface area contributed by atoms with Gasteiger partial charge in [0.2, 0.25) is 0 Å². The SMILES string of the molecule is C.CC.Cc1ccc2cc(C)ccc2c1. The molecule has 2 aromatic rings. The number of fused-ring (bicyclic) bond motifs is 1. The summed E-state index contributed by atoms with van der Waals surface area (Å²) >= 11 is 0. The lowest BCUT2D eigenvalue weighted by Gasteiger charge is -1.99. The van der Waals surface area contributed by atoms with Crippen molar-refractivity contribution in [3.05, 3.63) is 47.5 Å². The molecular weight excluding hydrogens is 180 g/mol. The van der Waals surface area contributed by atoms with E-state index in [4.69, 9.17) is 0 Å². The molecule has 0 saturated carbocycles. The Balaban J connectivity index is 0.000000617. The van der Waals surface area contributed by atoms with Gasteiger partial charge in [-0.15, -0.1) is 0 Å². The molecule has 0 saturated heterocycles. The number of hydrogen-bond donors (Lipinski definition) is 0. The Morgan fingerprint density at radius 2 is 1.00 bits per heavy atom. The summed E-state index contributed by atoms with van der Waals surface area (Å²) in [6, 6.07) is 13.1. The van der Waals surface area contributed by atoms with Crippen molar-refractivity contribution in [2.24, 2.45) is 0 Å². The lowest BCUT2D eigenvalue weighted by molar-refractivity contribution is 1.47. The van der Waals surface area contributed by atoms with Gasteiger partial charge in [-0.05, 0) is 24.6 Å². The van der Waals surface area contributed by atoms with Gasteiger partial charge in [0, 0.05) is 0 Å². The Bertz CT molecular complexity index is 372. The largest absolute Gasteiger partial charge is 0.0776 e. The van der Waals surface area contributed by atoms with Crippen molar-refractivity contribution in [2.45, 2.75) is 35.1 Å². The highest BCUT2D eigenvalue weighted by atomic mass is 14.0. The molecular formula is C15H22. The first-order valence-corrected chi connectivity index (χ1v) is 5.23. The summed E-state index contributed by atoms with van der Waals surface area (Å²) in [6.07, 6.45) is 0. The second kappa shape index (κ2) is 6.23. The molecule has 0 bridgehead atoms. The smallest absolute Gasteiger partial charge is 0.0181 e. The predicted molar refractivity (Wildman–Crippen MR) is 71.5 cm³/mol. The van der Waals surface area contributed by atoms with Crippen LogP contribution in [0, 0.1) is 13.8 Å². The molecule has 0 atom stereocenters. The van der Waals surface area contributed by atoms with Crippen LogP contribution in [-0.4, -0.2) is 0 Å². The van der Waals surface area contributed by atoms with Gasteiger partial charge in [0.25, 0.3) is 0 Å². The third-order valence-corrected chi connectivity index (χ3v) is 2.15. The van der Waals surface area contributed by atoms with Crippen LogP contribution < -0.4 is 0 Å². The van der Waals surface area contributed by atoms with Gasteiger partial charge in [-0.3, -0.25) is 0 Å². The molecule has 0 heteroatoms. The Labute approximate surface area is 93.9 Å². The highest BCUT2D eigenvalue weighted by Gasteiger charge is 1.92. The van der Waals surface area contributed by atoms with Gasteiger partial charge >= 0.3 is 0 Å². The van der Waals surface area contributed by atoms with Gasteiger partial charge in [0.15, 0.2) is 0 Å². The quantitative estimate of drug-likeness (QED) is 0.556. The summed E-state index contributed by atoms with van der Waals surface area (Å²) in [5.41, 5.74) is 2.65. The molecule has 2 rings (SSSR count). The van der Waals surface area contributed by atoms with Gasteiger partial charge in [0.1, 0.15) is 0 Å². The van der Waals surface area contributed by atoms with E-state index in [0.29, 0.717) is 0 Å². The number of rotatable bonds is 0. The lowest BCUT2D eigenvalue weighted by atomic mass is 10.1. The molecule has 0 aliphatic carbocycles. The topological polar surface area (TPSA) is 0 Å². The van der Waals surface area contributed by atoms with Gasteiger partial charge in [0.05, 0.1) is 0 Å². The first kappa shape index (κ1) is 13.7. The second-order valence-corrected chi connectivity index (χ2v) is 3.35. The van der Waals surface area contributed by atoms with E-state index in [9.17, 15) is 0 Å². The van der Waals surface area contributed by atoms with Crippen molar-refractivity contribution in [3.8, 4) is 0 Å². The van der Waals surface area contributed by atoms with Crippen molar-refractivity contribution < 1.29 is 0 Å². The van der Waals surface area contributed by atoms with Gasteiger partial charge < -0.3 is 0 Å². The maximum absolute atomic E-state index is 2.22. The van der Waals surface area contributed by atoms with E-state index in [2.05, 4.69) is 50.2 Å². The van der Waals surface area contributed by atoms with E-state index < -0.39 is 0 Å². The number of hydrogen-bond acceptors (Lipinski definition) is 0. The maximum Gasteiger partial charge on any atom is -0.0181 e. The number of benzene rings is 2. The molecule has 0 aromatic heterocycles. The highest BCUT2D eigenvalue weighted by molar-refractivity contribution is 5.83. The predicted octanol–water partition coefficient (Wildman–Crippen LogP) is 5.12. The molecule has 82 valence electrons. The average molecular weight is 202 g/mol. The summed E-state index contributed by atoms with van der Waals surface area (Å²) in [6.45, 7) is 8.25. The van der Waals surface area contributed by atoms with Crippen molar-refractivity contribution in [1.29, 1.82) is 0 Å². The van der Waals surface area contributed by atoms with Crippen molar-refractivity contribution in [1.82, 2.24) is 0 Å². The van der Waals surface area contributed by atoms with Crippen LogP contribution in [0.25, 0.3) is 10.8 Å². The minimum atomic E-state index is 0. The third-order valence-electron chi connectivity index (χ3n) is 2.15. The van der Waals surface area contributed by atoms with Crippen LogP contribution in [-0.2, 0) is 0 Å². The van der Waals surface area contributed by atoms with Crippen LogP contribution in [0.3, 0.4) is 0 Å². The molecule has 0 heterocycles. The molecule has 0 radical (unpaired) electrons. The lowest BCUT2D eigenvalue weighted by Crippen LogP contribution is -1.76. The van der Waals surface area contributed by atoms with Crippen LogP contribution in [0.15, 0.2) is 36.4 Å². The van der Waals surface area contributed by atoms with E-state index in [1.165, 1.54) is 21.9 Å². The fraction of sp³-hybridized carbons (Fsp3) is 0.333. The molecule has 0 spiro atoms. The zero-order valence-corrected chi connectivity index (χ0v) is 9.46. The summed E-state index contributed by atoms with van der Waals surface area (Å²) in [5, 5.41) is 2.67. The summed E-state index contributed by atoms with van der Waals surface area (Å²) in [5.74, 6) is 0. The standard InChI is InChI=1S/C12H12.C2H6.CH4/c1-9-3-5-12-8-10(2)4-6-11(12)7-9;1-2;/h3-8H,1-2H3;1-2H3;1H4. The minimum Gasteiger partial charge on any atom is -0.0776 e. The van der Waals surface area contributed by atoms with E-state index in [1.807, 2.05) is 13.8 Å². The molecule has 0 unspecified atom stereocenters. The minimum absolute atomic E-state index is 0. The molecule has 2 aromatic carbocycles. The molecule has 0 nitrogen and oxygen atoms in total. The maximum atomic E-state index is 2.22. The van der Waals surface area contributed by atoms with Gasteiger partial charge in [-0.25, -0.2) is 0 Å². The second-order valence-electron chi connectivity index (χ2n) is 3.35. The summed E-state index contributed by atoms with van der Waals surface area (Å²) in [4.78, 5) is 0. The number of aryl methyl sites for hydroxylation is 2. The van der Waals surface area contributed by atoms with Crippen molar-refractivity contribution in [2.75, 3.05) is 0 Å². The van der Waals surface area contributed by atoms with Crippen LogP contribution >= 0.6 is 0 Å². The summed E-state index contributed by atoms with van der Waals surface area (Å²) < 4.78 is 0. The third kappa shape index (κ3) is 3.39. The fourth-order valence-corrected chi connectivity index (χ4v) is 1.48. The Morgan fingerprint density at radius 3 is 1.33 bits per heavy atom. The normalized spacial score (nSPS) is 8.80. The monoisotopic (exact) mass is 202 g/mol. The molecule has 0 aliphatic rings. The van der Waals surface area contributed by atoms with E-state index in [0.717, 1.165) is 0 Å². The Kier molecular flexibility index (Phi) is 5.69. The Morgan fingerprint density at radius 1 is 0.667 bits per heavy atom. The van der Waals surface area contributed by atoms with Crippen LogP contribution in [0.4, 0.5) is 0 Å². The van der Waals surface area contributed by atoms with Crippen molar-refractivity contribution >= 4 is 10.8 Å². The van der Waals surface area contributed by atoms with Crippen LogP contribution in [0.1, 0.15) is 32.4 Å². The van der Waals surface area contributed by atoms with Gasteiger partial charge in [-0.1, -0.05) is 68.8 Å². The zero-order chi connectivity index (χ0) is 10.6. The first-order valence-electron chi connectivity index (χ1n) is 5.23. The van der Waals surface area contributed by atoms with Crippen LogP contribution in [0.2, 0.25) is 0 Å². The average Bonchev–Trinajstić information content (AvgIpc) is 2.21. The zero-order valence-electron chi connectivity index (χ0n) is 9.46.